The van der Waals surface area contributed by atoms with Gasteiger partial charge in [-0.2, -0.15) is 0 Å². The van der Waals surface area contributed by atoms with Crippen LogP contribution < -0.4 is 10.2 Å². The molecule has 6 nitrogen and oxygen atoms in total. The highest BCUT2D eigenvalue weighted by atomic mass is 35.5. The van der Waals surface area contributed by atoms with Crippen LogP contribution in [0.15, 0.2) is 54.6 Å². The molecule has 1 aliphatic rings. The van der Waals surface area contributed by atoms with Gasteiger partial charge in [0.25, 0.3) is 5.91 Å². The molecule has 3 amide bonds. The normalized spacial score (nSPS) is 14.2. The van der Waals surface area contributed by atoms with Crippen LogP contribution in [-0.2, 0) is 16.1 Å². The van der Waals surface area contributed by atoms with Crippen molar-refractivity contribution >= 4 is 57.4 Å². The lowest BCUT2D eigenvalue weighted by atomic mass is 10.1. The lowest BCUT2D eigenvalue weighted by molar-refractivity contribution is -0.139. The van der Waals surface area contributed by atoms with Crippen molar-refractivity contribution in [1.82, 2.24) is 10.2 Å². The van der Waals surface area contributed by atoms with Gasteiger partial charge >= 0.3 is 0 Å². The van der Waals surface area contributed by atoms with Gasteiger partial charge in [0.05, 0.1) is 15.7 Å². The first kappa shape index (κ1) is 25.0. The molecule has 0 radical (unpaired) electrons. The molecule has 1 N–H and O–H groups in total. The van der Waals surface area contributed by atoms with Gasteiger partial charge in [-0.1, -0.05) is 60.5 Å². The van der Waals surface area contributed by atoms with Crippen LogP contribution in [0.4, 0.5) is 5.69 Å². The second kappa shape index (κ2) is 10.3. The van der Waals surface area contributed by atoms with E-state index in [4.69, 9.17) is 23.2 Å². The fourth-order valence-corrected chi connectivity index (χ4v) is 4.57. The van der Waals surface area contributed by atoms with E-state index in [2.05, 4.69) is 5.32 Å². The Kier molecular flexibility index (Phi) is 7.33. The molecule has 0 saturated heterocycles. The Balaban J connectivity index is 1.63. The molecular formula is C27H27Cl2N3O3. The fraction of sp³-hybridized carbons (Fsp3) is 0.296. The monoisotopic (exact) mass is 511 g/mol. The van der Waals surface area contributed by atoms with Gasteiger partial charge in [0.15, 0.2) is 0 Å². The average molecular weight is 512 g/mol. The summed E-state index contributed by atoms with van der Waals surface area (Å²) in [5.41, 5.74) is 2.00. The Bertz CT molecular complexity index is 1300. The maximum absolute atomic E-state index is 13.7. The Labute approximate surface area is 214 Å². The van der Waals surface area contributed by atoms with Gasteiger partial charge in [-0.25, -0.2) is 0 Å². The zero-order chi connectivity index (χ0) is 25.3. The Morgan fingerprint density at radius 3 is 2.43 bits per heavy atom. The molecule has 0 unspecified atom stereocenters. The molecule has 1 aliphatic heterocycles. The van der Waals surface area contributed by atoms with E-state index < -0.39 is 6.04 Å². The van der Waals surface area contributed by atoms with Crippen LogP contribution in [0.2, 0.25) is 10.0 Å². The topological polar surface area (TPSA) is 69.7 Å². The number of halogens is 2. The molecule has 0 spiro atoms. The van der Waals surface area contributed by atoms with Crippen LogP contribution in [0, 0.1) is 0 Å². The molecule has 0 aromatic heterocycles. The van der Waals surface area contributed by atoms with Crippen LogP contribution in [0.1, 0.15) is 43.1 Å². The second-order valence-electron chi connectivity index (χ2n) is 8.84. The van der Waals surface area contributed by atoms with Crippen LogP contribution >= 0.6 is 23.2 Å². The molecule has 0 bridgehead atoms. The van der Waals surface area contributed by atoms with E-state index in [1.165, 1.54) is 9.80 Å². The lowest BCUT2D eigenvalue weighted by Gasteiger charge is -2.31. The maximum Gasteiger partial charge on any atom is 0.259 e. The highest BCUT2D eigenvalue weighted by Gasteiger charge is 2.34. The van der Waals surface area contributed by atoms with Crippen LogP contribution in [-0.4, -0.2) is 41.2 Å². The first-order chi connectivity index (χ1) is 16.7. The summed E-state index contributed by atoms with van der Waals surface area (Å²) < 4.78 is 0. The number of benzene rings is 3. The minimum Gasteiger partial charge on any atom is -0.352 e. The van der Waals surface area contributed by atoms with Crippen molar-refractivity contribution in [1.29, 1.82) is 0 Å². The minimum absolute atomic E-state index is 0.0286. The number of nitrogens with one attached hydrogen (secondary N) is 1. The number of hydrogen-bond acceptors (Lipinski definition) is 3. The number of hydrogen-bond donors (Lipinski definition) is 1. The van der Waals surface area contributed by atoms with Gasteiger partial charge in [0.1, 0.15) is 12.6 Å². The average Bonchev–Trinajstić information content (AvgIpc) is 3.12. The van der Waals surface area contributed by atoms with Gasteiger partial charge in [0.2, 0.25) is 11.8 Å². The zero-order valence-corrected chi connectivity index (χ0v) is 21.4. The third-order valence-corrected chi connectivity index (χ3v) is 7.19. The van der Waals surface area contributed by atoms with E-state index in [9.17, 15) is 14.4 Å². The predicted octanol–water partition coefficient (Wildman–Crippen LogP) is 5.44. The molecule has 0 saturated carbocycles. The molecule has 4 rings (SSSR count). The largest absolute Gasteiger partial charge is 0.352 e. The summed E-state index contributed by atoms with van der Waals surface area (Å²) in [5.74, 6) is -0.830. The lowest BCUT2D eigenvalue weighted by Crippen LogP contribution is -2.52. The van der Waals surface area contributed by atoms with E-state index in [0.717, 1.165) is 22.8 Å². The quantitative estimate of drug-likeness (QED) is 0.437. The van der Waals surface area contributed by atoms with Crippen molar-refractivity contribution < 1.29 is 14.4 Å². The van der Waals surface area contributed by atoms with Crippen molar-refractivity contribution in [2.45, 2.75) is 45.8 Å². The standard InChI is InChI=1S/C27H27Cl2N3O3/c1-4-16(2)30-26(34)17(3)31(14-18-11-12-21(28)22(29)13-18)24(33)15-32-23-10-6-8-19-7-5-9-20(25(19)23)27(32)35/h5-13,16-17H,4,14-15H2,1-3H3,(H,30,34)/t16-,17+/m0/s1. The van der Waals surface area contributed by atoms with Crippen molar-refractivity contribution in [3.8, 4) is 0 Å². The minimum atomic E-state index is -0.762. The van der Waals surface area contributed by atoms with Gasteiger partial charge in [-0.15, -0.1) is 0 Å². The van der Waals surface area contributed by atoms with E-state index in [0.29, 0.717) is 21.3 Å². The molecule has 2 atom stereocenters. The van der Waals surface area contributed by atoms with Crippen LogP contribution in [0.25, 0.3) is 10.8 Å². The summed E-state index contributed by atoms with van der Waals surface area (Å²) in [6, 6.07) is 15.5. The molecule has 1 heterocycles. The summed E-state index contributed by atoms with van der Waals surface area (Å²) >= 11 is 12.2. The second-order valence-corrected chi connectivity index (χ2v) is 9.65. The molecule has 182 valence electrons. The number of nitrogens with zero attached hydrogens (tertiary/aromatic N) is 2. The molecule has 3 aromatic carbocycles. The third kappa shape index (κ3) is 5.00. The summed E-state index contributed by atoms with van der Waals surface area (Å²) in [6.07, 6.45) is 0.768. The fourth-order valence-electron chi connectivity index (χ4n) is 4.25. The van der Waals surface area contributed by atoms with E-state index in [1.807, 2.05) is 44.2 Å². The van der Waals surface area contributed by atoms with E-state index in [-0.39, 0.29) is 36.9 Å². The van der Waals surface area contributed by atoms with Crippen molar-refractivity contribution in [3.05, 3.63) is 75.8 Å². The van der Waals surface area contributed by atoms with Gasteiger partial charge in [-0.3, -0.25) is 19.3 Å². The highest BCUT2D eigenvalue weighted by Crippen LogP contribution is 2.37. The number of carbonyl (C=O) groups excluding carboxylic acids is 3. The van der Waals surface area contributed by atoms with Crippen molar-refractivity contribution in [2.75, 3.05) is 11.4 Å². The van der Waals surface area contributed by atoms with E-state index in [1.54, 1.807) is 31.2 Å². The number of rotatable bonds is 8. The van der Waals surface area contributed by atoms with Gasteiger partial charge in [0, 0.05) is 23.5 Å². The SMILES string of the molecule is CC[C@H](C)NC(=O)[C@@H](C)N(Cc1ccc(Cl)c(Cl)c1)C(=O)CN1C(=O)c2cccc3cccc1c23. The van der Waals surface area contributed by atoms with Crippen LogP contribution in [0.3, 0.4) is 0 Å². The van der Waals surface area contributed by atoms with Gasteiger partial charge < -0.3 is 10.2 Å². The van der Waals surface area contributed by atoms with Crippen molar-refractivity contribution in [3.63, 3.8) is 0 Å². The van der Waals surface area contributed by atoms with Crippen molar-refractivity contribution in [2.24, 2.45) is 0 Å². The molecule has 8 heteroatoms. The Morgan fingerprint density at radius 1 is 1.03 bits per heavy atom. The summed E-state index contributed by atoms with van der Waals surface area (Å²) in [5, 5.41) is 5.50. The number of amides is 3. The Hall–Kier alpha value is -3.09. The molecule has 0 aliphatic carbocycles. The van der Waals surface area contributed by atoms with Gasteiger partial charge in [-0.05, 0) is 55.5 Å². The number of anilines is 1. The summed E-state index contributed by atoms with van der Waals surface area (Å²) in [7, 11) is 0. The Morgan fingerprint density at radius 2 is 1.74 bits per heavy atom. The molecular weight excluding hydrogens is 485 g/mol. The zero-order valence-electron chi connectivity index (χ0n) is 19.8. The number of carbonyl (C=O) groups is 3. The first-order valence-corrected chi connectivity index (χ1v) is 12.3. The molecule has 3 aromatic rings. The highest BCUT2D eigenvalue weighted by molar-refractivity contribution is 6.42. The third-order valence-electron chi connectivity index (χ3n) is 6.45. The maximum atomic E-state index is 13.7. The summed E-state index contributed by atoms with van der Waals surface area (Å²) in [4.78, 5) is 42.8. The summed E-state index contributed by atoms with van der Waals surface area (Å²) in [6.45, 7) is 5.54. The van der Waals surface area contributed by atoms with E-state index >= 15 is 0 Å². The molecule has 0 fully saturated rings. The smallest absolute Gasteiger partial charge is 0.259 e. The van der Waals surface area contributed by atoms with Crippen LogP contribution in [0.5, 0.6) is 0 Å². The predicted molar refractivity (Wildman–Crippen MR) is 140 cm³/mol. The molecule has 35 heavy (non-hydrogen) atoms. The first-order valence-electron chi connectivity index (χ1n) is 11.6.